The molecule has 1 saturated heterocycles. The topological polar surface area (TPSA) is 31.4 Å². The molecular weight excluding hydrogens is 245 g/mol. The van der Waals surface area contributed by atoms with Crippen LogP contribution in [0.25, 0.3) is 0 Å². The standard InChI is InChI=1S/C13H20BNO2S/c1-9-7-10(11(18-6)15-8-9)14-16-12(2,3)13(4,5)17-14/h7-8H,1-6H3. The molecule has 0 aliphatic carbocycles. The lowest BCUT2D eigenvalue weighted by molar-refractivity contribution is 0.00578. The predicted molar refractivity (Wildman–Crippen MR) is 76.5 cm³/mol. The third kappa shape index (κ3) is 2.31. The van der Waals surface area contributed by atoms with Gasteiger partial charge in [-0.25, -0.2) is 0 Å². The lowest BCUT2D eigenvalue weighted by Crippen LogP contribution is -2.41. The summed E-state index contributed by atoms with van der Waals surface area (Å²) >= 11 is 1.62. The number of nitrogens with zero attached hydrogens (tertiary/aromatic N) is 1. The Morgan fingerprint density at radius 1 is 1.17 bits per heavy atom. The van der Waals surface area contributed by atoms with E-state index in [9.17, 15) is 0 Å². The maximum absolute atomic E-state index is 6.07. The van der Waals surface area contributed by atoms with Crippen LogP contribution < -0.4 is 5.46 Å². The van der Waals surface area contributed by atoms with Gasteiger partial charge in [0.1, 0.15) is 0 Å². The van der Waals surface area contributed by atoms with E-state index in [0.717, 1.165) is 16.1 Å². The van der Waals surface area contributed by atoms with Crippen LogP contribution in [0, 0.1) is 6.92 Å². The molecule has 2 heterocycles. The van der Waals surface area contributed by atoms with Gasteiger partial charge in [0.05, 0.1) is 16.2 Å². The highest BCUT2D eigenvalue weighted by Crippen LogP contribution is 2.37. The molecular formula is C13H20BNO2S. The smallest absolute Gasteiger partial charge is 0.399 e. The second-order valence-electron chi connectivity index (χ2n) is 5.70. The van der Waals surface area contributed by atoms with Gasteiger partial charge in [0.25, 0.3) is 0 Å². The van der Waals surface area contributed by atoms with E-state index in [2.05, 4.69) is 38.7 Å². The van der Waals surface area contributed by atoms with Crippen LogP contribution in [0.3, 0.4) is 0 Å². The molecule has 2 rings (SSSR count). The second kappa shape index (κ2) is 4.55. The van der Waals surface area contributed by atoms with Crippen LogP contribution in [-0.2, 0) is 9.31 Å². The fraction of sp³-hybridized carbons (Fsp3) is 0.615. The molecule has 1 aliphatic rings. The van der Waals surface area contributed by atoms with Gasteiger partial charge < -0.3 is 9.31 Å². The van der Waals surface area contributed by atoms with E-state index < -0.39 is 0 Å². The van der Waals surface area contributed by atoms with Gasteiger partial charge in [-0.2, -0.15) is 0 Å². The van der Waals surface area contributed by atoms with E-state index in [0.29, 0.717) is 0 Å². The van der Waals surface area contributed by atoms with Crippen molar-refractivity contribution in [3.8, 4) is 0 Å². The number of hydrogen-bond acceptors (Lipinski definition) is 4. The van der Waals surface area contributed by atoms with Crippen LogP contribution in [0.15, 0.2) is 17.3 Å². The molecule has 1 aromatic heterocycles. The first-order valence-electron chi connectivity index (χ1n) is 6.13. The quantitative estimate of drug-likeness (QED) is 0.607. The van der Waals surface area contributed by atoms with Crippen LogP contribution in [0.2, 0.25) is 0 Å². The van der Waals surface area contributed by atoms with E-state index in [1.807, 2.05) is 19.4 Å². The summed E-state index contributed by atoms with van der Waals surface area (Å²) < 4.78 is 12.1. The van der Waals surface area contributed by atoms with Crippen molar-refractivity contribution < 1.29 is 9.31 Å². The maximum Gasteiger partial charge on any atom is 0.497 e. The molecule has 0 bridgehead atoms. The molecule has 0 amide bonds. The molecule has 0 aromatic carbocycles. The lowest BCUT2D eigenvalue weighted by Gasteiger charge is -2.32. The minimum atomic E-state index is -0.329. The number of pyridine rings is 1. The summed E-state index contributed by atoms with van der Waals surface area (Å²) in [6, 6.07) is 2.10. The van der Waals surface area contributed by atoms with Gasteiger partial charge in [0, 0.05) is 11.7 Å². The van der Waals surface area contributed by atoms with Crippen molar-refractivity contribution in [2.24, 2.45) is 0 Å². The predicted octanol–water partition coefficient (Wildman–Crippen LogP) is 2.41. The molecule has 0 N–H and O–H groups in total. The Labute approximate surface area is 114 Å². The summed E-state index contributed by atoms with van der Waals surface area (Å²) in [7, 11) is -0.329. The van der Waals surface area contributed by atoms with Gasteiger partial charge in [0.2, 0.25) is 0 Å². The summed E-state index contributed by atoms with van der Waals surface area (Å²) in [5, 5.41) is 0.971. The third-order valence-corrected chi connectivity index (χ3v) is 4.44. The Balaban J connectivity index is 2.37. The van der Waals surface area contributed by atoms with Gasteiger partial charge in [-0.1, -0.05) is 6.07 Å². The zero-order chi connectivity index (χ0) is 13.6. The van der Waals surface area contributed by atoms with Gasteiger partial charge in [-0.15, -0.1) is 11.8 Å². The fourth-order valence-electron chi connectivity index (χ4n) is 1.89. The number of rotatable bonds is 2. The molecule has 1 aliphatic heterocycles. The first-order chi connectivity index (χ1) is 8.27. The Kier molecular flexibility index (Phi) is 3.51. The van der Waals surface area contributed by atoms with Crippen molar-refractivity contribution in [2.75, 3.05) is 6.26 Å². The van der Waals surface area contributed by atoms with Crippen LogP contribution in [-0.4, -0.2) is 29.6 Å². The number of hydrogen-bond donors (Lipinski definition) is 0. The molecule has 0 spiro atoms. The van der Waals surface area contributed by atoms with Crippen LogP contribution in [0.5, 0.6) is 0 Å². The SMILES string of the molecule is CSc1ncc(C)cc1B1OC(C)(C)C(C)(C)O1. The van der Waals surface area contributed by atoms with Crippen LogP contribution in [0.4, 0.5) is 0 Å². The summed E-state index contributed by atoms with van der Waals surface area (Å²) in [6.07, 6.45) is 3.90. The molecule has 1 fully saturated rings. The summed E-state index contributed by atoms with van der Waals surface area (Å²) in [6.45, 7) is 10.3. The molecule has 18 heavy (non-hydrogen) atoms. The molecule has 0 unspecified atom stereocenters. The maximum atomic E-state index is 6.07. The van der Waals surface area contributed by atoms with Crippen molar-refractivity contribution in [2.45, 2.75) is 50.8 Å². The molecule has 0 atom stereocenters. The number of aromatic nitrogens is 1. The van der Waals surface area contributed by atoms with E-state index in [1.54, 1.807) is 11.8 Å². The van der Waals surface area contributed by atoms with Gasteiger partial charge in [-0.05, 0) is 46.4 Å². The zero-order valence-corrected chi connectivity index (χ0v) is 12.7. The molecule has 1 aromatic rings. The molecule has 5 heteroatoms. The summed E-state index contributed by atoms with van der Waals surface area (Å²) in [5.74, 6) is 0. The monoisotopic (exact) mass is 265 g/mol. The third-order valence-electron chi connectivity index (χ3n) is 3.72. The number of thioether (sulfide) groups is 1. The highest BCUT2D eigenvalue weighted by Gasteiger charge is 2.52. The van der Waals surface area contributed by atoms with E-state index >= 15 is 0 Å². The Morgan fingerprint density at radius 3 is 2.22 bits per heavy atom. The average Bonchev–Trinajstić information content (AvgIpc) is 2.48. The van der Waals surface area contributed by atoms with E-state index in [-0.39, 0.29) is 18.3 Å². The molecule has 98 valence electrons. The van der Waals surface area contributed by atoms with Crippen LogP contribution >= 0.6 is 11.8 Å². The minimum Gasteiger partial charge on any atom is -0.399 e. The summed E-state index contributed by atoms with van der Waals surface area (Å²) in [4.78, 5) is 4.44. The molecule has 0 radical (unpaired) electrons. The largest absolute Gasteiger partial charge is 0.497 e. The highest BCUT2D eigenvalue weighted by molar-refractivity contribution is 7.98. The average molecular weight is 265 g/mol. The molecule has 0 saturated carbocycles. The molecule has 3 nitrogen and oxygen atoms in total. The van der Waals surface area contributed by atoms with Gasteiger partial charge in [0.15, 0.2) is 0 Å². The van der Waals surface area contributed by atoms with Crippen molar-refractivity contribution >= 4 is 24.3 Å². The van der Waals surface area contributed by atoms with E-state index in [4.69, 9.17) is 9.31 Å². The van der Waals surface area contributed by atoms with Gasteiger partial charge in [-0.3, -0.25) is 4.98 Å². The van der Waals surface area contributed by atoms with E-state index in [1.165, 1.54) is 0 Å². The van der Waals surface area contributed by atoms with Crippen LogP contribution in [0.1, 0.15) is 33.3 Å². The van der Waals surface area contributed by atoms with Crippen molar-refractivity contribution in [1.29, 1.82) is 0 Å². The first-order valence-corrected chi connectivity index (χ1v) is 7.35. The minimum absolute atomic E-state index is 0.308. The Bertz CT molecular complexity index is 446. The fourth-order valence-corrected chi connectivity index (χ4v) is 2.44. The zero-order valence-electron chi connectivity index (χ0n) is 11.9. The first kappa shape index (κ1) is 13.9. The summed E-state index contributed by atoms with van der Waals surface area (Å²) in [5.41, 5.74) is 1.53. The number of aryl methyl sites for hydroxylation is 1. The van der Waals surface area contributed by atoms with Crippen molar-refractivity contribution in [3.63, 3.8) is 0 Å². The normalized spacial score (nSPS) is 21.3. The second-order valence-corrected chi connectivity index (χ2v) is 6.49. The van der Waals surface area contributed by atoms with Crippen molar-refractivity contribution in [1.82, 2.24) is 4.98 Å². The van der Waals surface area contributed by atoms with Crippen molar-refractivity contribution in [3.05, 3.63) is 17.8 Å². The Morgan fingerprint density at radius 2 is 1.72 bits per heavy atom. The Hall–Kier alpha value is -0.515. The van der Waals surface area contributed by atoms with Gasteiger partial charge >= 0.3 is 7.12 Å². The lowest BCUT2D eigenvalue weighted by atomic mass is 9.80. The highest BCUT2D eigenvalue weighted by atomic mass is 32.2.